The second-order valence-corrected chi connectivity index (χ2v) is 10.2. The summed E-state index contributed by atoms with van der Waals surface area (Å²) in [5, 5.41) is 5.30. The first-order valence-electron chi connectivity index (χ1n) is 11.7. The number of ether oxygens (including phenoxy) is 2. The van der Waals surface area contributed by atoms with Gasteiger partial charge in [0.15, 0.2) is 5.69 Å². The molecule has 194 valence electrons. The van der Waals surface area contributed by atoms with E-state index in [4.69, 9.17) is 32.7 Å². The number of esters is 1. The molecule has 0 N–H and O–H groups in total. The topological polar surface area (TPSA) is 73.7 Å². The number of amides is 1. The molecule has 0 saturated carbocycles. The molecule has 0 bridgehead atoms. The van der Waals surface area contributed by atoms with Gasteiger partial charge in [-0.25, -0.2) is 18.7 Å². The van der Waals surface area contributed by atoms with Crippen molar-refractivity contribution in [2.45, 2.75) is 39.7 Å². The van der Waals surface area contributed by atoms with Crippen LogP contribution in [0.25, 0.3) is 17.5 Å². The molecule has 37 heavy (non-hydrogen) atoms. The molecule has 0 saturated heterocycles. The van der Waals surface area contributed by atoms with Gasteiger partial charge in [0.05, 0.1) is 28.7 Å². The van der Waals surface area contributed by atoms with E-state index in [1.807, 2.05) is 0 Å². The van der Waals surface area contributed by atoms with Crippen LogP contribution in [0.3, 0.4) is 0 Å². The SMILES string of the molecule is CCOC(=O)c1nn(-c2ccc(Cl)cc2Cl)c2c1CCN(C(=O)OC(C)(C)C)/C2=C\c1ccc(F)cc1. The predicted molar refractivity (Wildman–Crippen MR) is 140 cm³/mol. The summed E-state index contributed by atoms with van der Waals surface area (Å²) in [5.41, 5.74) is 1.94. The second kappa shape index (κ2) is 10.6. The van der Waals surface area contributed by atoms with Crippen LogP contribution in [0.2, 0.25) is 10.0 Å². The number of aromatic nitrogens is 2. The molecule has 3 aromatic rings. The molecule has 10 heteroatoms. The highest BCUT2D eigenvalue weighted by Crippen LogP contribution is 2.37. The molecular formula is C27H26Cl2FN3O4. The summed E-state index contributed by atoms with van der Waals surface area (Å²) in [6.45, 7) is 7.44. The summed E-state index contributed by atoms with van der Waals surface area (Å²) in [7, 11) is 0. The first kappa shape index (κ1) is 26.7. The number of carbonyl (C=O) groups is 2. The summed E-state index contributed by atoms with van der Waals surface area (Å²) < 4.78 is 26.1. The average molecular weight is 546 g/mol. The summed E-state index contributed by atoms with van der Waals surface area (Å²) in [6, 6.07) is 10.7. The number of benzene rings is 2. The standard InChI is InChI=1S/C27H26Cl2FN3O4/c1-5-36-25(34)23-19-12-13-32(26(35)37-27(2,3)4)22(14-16-6-9-18(30)10-7-16)24(19)33(31-23)21-11-8-17(28)15-20(21)29/h6-11,14-15H,5,12-13H2,1-4H3/b22-14-. The van der Waals surface area contributed by atoms with E-state index in [2.05, 4.69) is 5.10 Å². The maximum Gasteiger partial charge on any atom is 0.414 e. The van der Waals surface area contributed by atoms with Crippen LogP contribution in [0.1, 0.15) is 55.0 Å². The van der Waals surface area contributed by atoms with Gasteiger partial charge in [-0.3, -0.25) is 4.90 Å². The number of carbonyl (C=O) groups excluding carboxylic acids is 2. The number of hydrogen-bond acceptors (Lipinski definition) is 5. The molecule has 0 radical (unpaired) electrons. The highest BCUT2D eigenvalue weighted by atomic mass is 35.5. The van der Waals surface area contributed by atoms with Gasteiger partial charge in [0.1, 0.15) is 11.4 Å². The van der Waals surface area contributed by atoms with Crippen LogP contribution < -0.4 is 0 Å². The maximum absolute atomic E-state index is 13.6. The molecule has 1 aliphatic heterocycles. The molecule has 1 amide bonds. The van der Waals surface area contributed by atoms with E-state index in [0.29, 0.717) is 44.7 Å². The Balaban J connectivity index is 1.98. The minimum Gasteiger partial charge on any atom is -0.461 e. The lowest BCUT2D eigenvalue weighted by atomic mass is 9.99. The Morgan fingerprint density at radius 3 is 2.46 bits per heavy atom. The fourth-order valence-electron chi connectivity index (χ4n) is 3.98. The Labute approximate surface area is 224 Å². The lowest BCUT2D eigenvalue weighted by Gasteiger charge is -2.32. The molecule has 0 fully saturated rings. The maximum atomic E-state index is 13.6. The molecule has 7 nitrogen and oxygen atoms in total. The number of nitrogens with zero attached hydrogens (tertiary/aromatic N) is 3. The van der Waals surface area contributed by atoms with Crippen LogP contribution in [0.5, 0.6) is 0 Å². The zero-order chi connectivity index (χ0) is 26.9. The van der Waals surface area contributed by atoms with Gasteiger partial charge >= 0.3 is 12.1 Å². The molecule has 4 rings (SSSR count). The van der Waals surface area contributed by atoms with E-state index in [9.17, 15) is 14.0 Å². The zero-order valence-corrected chi connectivity index (χ0v) is 22.4. The van der Waals surface area contributed by atoms with Crippen molar-refractivity contribution in [3.8, 4) is 5.69 Å². The Morgan fingerprint density at radius 1 is 1.14 bits per heavy atom. The van der Waals surface area contributed by atoms with Crippen molar-refractivity contribution >= 4 is 47.0 Å². The van der Waals surface area contributed by atoms with Crippen molar-refractivity contribution in [3.05, 3.63) is 80.8 Å². The smallest absolute Gasteiger partial charge is 0.414 e. The number of fused-ring (bicyclic) bond motifs is 1. The molecule has 2 aromatic carbocycles. The van der Waals surface area contributed by atoms with Crippen molar-refractivity contribution in [1.82, 2.24) is 14.7 Å². The fourth-order valence-corrected chi connectivity index (χ4v) is 4.47. The number of hydrogen-bond donors (Lipinski definition) is 0. The third kappa shape index (κ3) is 5.81. The van der Waals surface area contributed by atoms with Gasteiger partial charge in [-0.05, 0) is 76.1 Å². The van der Waals surface area contributed by atoms with Crippen LogP contribution >= 0.6 is 23.2 Å². The summed E-state index contributed by atoms with van der Waals surface area (Å²) in [5.74, 6) is -0.979. The van der Waals surface area contributed by atoms with E-state index in [1.165, 1.54) is 21.7 Å². The molecule has 2 heterocycles. The molecule has 1 aliphatic rings. The quantitative estimate of drug-likeness (QED) is 0.337. The summed E-state index contributed by atoms with van der Waals surface area (Å²) >= 11 is 12.7. The molecule has 0 unspecified atom stereocenters. The molecular weight excluding hydrogens is 520 g/mol. The number of rotatable bonds is 4. The molecule has 0 atom stereocenters. The van der Waals surface area contributed by atoms with Crippen molar-refractivity contribution in [2.24, 2.45) is 0 Å². The van der Waals surface area contributed by atoms with Crippen molar-refractivity contribution in [2.75, 3.05) is 13.2 Å². The van der Waals surface area contributed by atoms with Gasteiger partial charge in [-0.2, -0.15) is 5.10 Å². The lowest BCUT2D eigenvalue weighted by molar-refractivity contribution is 0.0351. The van der Waals surface area contributed by atoms with Crippen LogP contribution in [-0.2, 0) is 15.9 Å². The van der Waals surface area contributed by atoms with Crippen LogP contribution in [0.15, 0.2) is 42.5 Å². The third-order valence-corrected chi connectivity index (χ3v) is 6.03. The van der Waals surface area contributed by atoms with Crippen molar-refractivity contribution in [3.63, 3.8) is 0 Å². The van der Waals surface area contributed by atoms with Gasteiger partial charge < -0.3 is 9.47 Å². The first-order valence-corrected chi connectivity index (χ1v) is 12.5. The average Bonchev–Trinajstić information content (AvgIpc) is 3.20. The van der Waals surface area contributed by atoms with E-state index >= 15 is 0 Å². The zero-order valence-electron chi connectivity index (χ0n) is 20.8. The predicted octanol–water partition coefficient (Wildman–Crippen LogP) is 6.79. The minimum atomic E-state index is -0.742. The third-order valence-electron chi connectivity index (χ3n) is 5.50. The van der Waals surface area contributed by atoms with Crippen LogP contribution in [0, 0.1) is 5.82 Å². The van der Waals surface area contributed by atoms with Gasteiger partial charge in [0, 0.05) is 17.1 Å². The van der Waals surface area contributed by atoms with E-state index in [-0.39, 0.29) is 18.8 Å². The normalized spacial score (nSPS) is 14.5. The monoisotopic (exact) mass is 545 g/mol. The van der Waals surface area contributed by atoms with Crippen molar-refractivity contribution < 1.29 is 23.5 Å². The molecule has 1 aromatic heterocycles. The fraction of sp³-hybridized carbons (Fsp3) is 0.296. The minimum absolute atomic E-state index is 0.122. The van der Waals surface area contributed by atoms with E-state index < -0.39 is 23.5 Å². The van der Waals surface area contributed by atoms with Crippen LogP contribution in [-0.4, -0.2) is 45.5 Å². The van der Waals surface area contributed by atoms with Gasteiger partial charge in [0.25, 0.3) is 0 Å². The highest BCUT2D eigenvalue weighted by molar-refractivity contribution is 6.35. The first-order chi connectivity index (χ1) is 17.5. The van der Waals surface area contributed by atoms with Gasteiger partial charge in [-0.1, -0.05) is 35.3 Å². The van der Waals surface area contributed by atoms with Crippen molar-refractivity contribution in [1.29, 1.82) is 0 Å². The van der Waals surface area contributed by atoms with Crippen LogP contribution in [0.4, 0.5) is 9.18 Å². The summed E-state index contributed by atoms with van der Waals surface area (Å²) in [6.07, 6.45) is 1.46. The van der Waals surface area contributed by atoms with E-state index in [1.54, 1.807) is 64.1 Å². The Kier molecular flexibility index (Phi) is 7.62. The Hall–Kier alpha value is -3.36. The Morgan fingerprint density at radius 2 is 1.84 bits per heavy atom. The Bertz CT molecular complexity index is 1380. The highest BCUT2D eigenvalue weighted by Gasteiger charge is 2.37. The summed E-state index contributed by atoms with van der Waals surface area (Å²) in [4.78, 5) is 27.7. The van der Waals surface area contributed by atoms with E-state index in [0.717, 1.165) is 0 Å². The molecule has 0 spiro atoms. The van der Waals surface area contributed by atoms with Gasteiger partial charge in [-0.15, -0.1) is 0 Å². The second-order valence-electron chi connectivity index (χ2n) is 9.37. The molecule has 0 aliphatic carbocycles. The number of halogens is 3. The lowest BCUT2D eigenvalue weighted by Crippen LogP contribution is -2.39. The largest absolute Gasteiger partial charge is 0.461 e. The van der Waals surface area contributed by atoms with Gasteiger partial charge in [0.2, 0.25) is 0 Å².